The van der Waals surface area contributed by atoms with Crippen molar-refractivity contribution < 1.29 is 9.47 Å². The normalized spacial score (nSPS) is 31.9. The van der Waals surface area contributed by atoms with Gasteiger partial charge < -0.3 is 14.8 Å². The van der Waals surface area contributed by atoms with Crippen molar-refractivity contribution in [2.75, 3.05) is 13.7 Å². The standard InChI is InChI=1S/C18H27NO2/c1-12(13-7-9-14(20-4)10-8-13)19-16-15-6-5-11-21-17(15)18(16,2)3/h7-10,12,15-17,19H,5-6,11H2,1-4H3/t12-,15?,16?,17?/m0/s1. The average Bonchev–Trinajstić information content (AvgIpc) is 2.52. The van der Waals surface area contributed by atoms with E-state index in [2.05, 4.69) is 38.2 Å². The van der Waals surface area contributed by atoms with Gasteiger partial charge in [0.2, 0.25) is 0 Å². The quantitative estimate of drug-likeness (QED) is 0.919. The Bertz CT molecular complexity index is 482. The predicted molar refractivity (Wildman–Crippen MR) is 84.6 cm³/mol. The number of hydrogen-bond acceptors (Lipinski definition) is 3. The molecular formula is C18H27NO2. The maximum Gasteiger partial charge on any atom is 0.118 e. The summed E-state index contributed by atoms with van der Waals surface area (Å²) in [4.78, 5) is 0. The summed E-state index contributed by atoms with van der Waals surface area (Å²) in [7, 11) is 1.71. The van der Waals surface area contributed by atoms with E-state index in [0.29, 0.717) is 24.1 Å². The molecule has 116 valence electrons. The van der Waals surface area contributed by atoms with Gasteiger partial charge in [-0.25, -0.2) is 0 Å². The Morgan fingerprint density at radius 1 is 1.29 bits per heavy atom. The Morgan fingerprint density at radius 3 is 2.67 bits per heavy atom. The second-order valence-corrected chi connectivity index (χ2v) is 7.06. The molecule has 1 aromatic rings. The van der Waals surface area contributed by atoms with E-state index >= 15 is 0 Å². The van der Waals surface area contributed by atoms with Gasteiger partial charge in [0, 0.05) is 30.0 Å². The van der Waals surface area contributed by atoms with Crippen molar-refractivity contribution in [3.8, 4) is 5.75 Å². The van der Waals surface area contributed by atoms with Crippen molar-refractivity contribution >= 4 is 0 Å². The van der Waals surface area contributed by atoms with E-state index in [1.165, 1.54) is 18.4 Å². The van der Waals surface area contributed by atoms with E-state index in [1.54, 1.807) is 7.11 Å². The summed E-state index contributed by atoms with van der Waals surface area (Å²) < 4.78 is 11.2. The van der Waals surface area contributed by atoms with E-state index in [4.69, 9.17) is 9.47 Å². The molecule has 3 heteroatoms. The minimum Gasteiger partial charge on any atom is -0.497 e. The molecule has 2 aliphatic rings. The van der Waals surface area contributed by atoms with Crippen molar-refractivity contribution in [1.82, 2.24) is 5.32 Å². The molecule has 3 nitrogen and oxygen atoms in total. The number of rotatable bonds is 4. The van der Waals surface area contributed by atoms with Crippen LogP contribution < -0.4 is 10.1 Å². The number of ether oxygens (including phenoxy) is 2. The molecule has 1 N–H and O–H groups in total. The highest BCUT2D eigenvalue weighted by atomic mass is 16.5. The summed E-state index contributed by atoms with van der Waals surface area (Å²) in [6, 6.07) is 9.26. The van der Waals surface area contributed by atoms with Gasteiger partial charge >= 0.3 is 0 Å². The minimum absolute atomic E-state index is 0.228. The molecule has 1 aliphatic carbocycles. The highest BCUT2D eigenvalue weighted by Crippen LogP contribution is 2.51. The first kappa shape index (κ1) is 14.9. The van der Waals surface area contributed by atoms with Crippen LogP contribution in [-0.2, 0) is 4.74 Å². The highest BCUT2D eigenvalue weighted by Gasteiger charge is 2.57. The molecular weight excluding hydrogens is 262 g/mol. The van der Waals surface area contributed by atoms with Crippen LogP contribution in [0.25, 0.3) is 0 Å². The Hall–Kier alpha value is -1.06. The van der Waals surface area contributed by atoms with Gasteiger partial charge in [0.05, 0.1) is 13.2 Å². The fraction of sp³-hybridized carbons (Fsp3) is 0.667. The van der Waals surface area contributed by atoms with Crippen LogP contribution in [0.5, 0.6) is 5.75 Å². The maximum absolute atomic E-state index is 5.98. The van der Waals surface area contributed by atoms with Crippen molar-refractivity contribution in [2.45, 2.75) is 51.8 Å². The van der Waals surface area contributed by atoms with Crippen molar-refractivity contribution in [3.05, 3.63) is 29.8 Å². The fourth-order valence-electron chi connectivity index (χ4n) is 4.12. The van der Waals surface area contributed by atoms with E-state index in [0.717, 1.165) is 12.4 Å². The van der Waals surface area contributed by atoms with Crippen LogP contribution in [0.3, 0.4) is 0 Å². The molecule has 0 spiro atoms. The van der Waals surface area contributed by atoms with Gasteiger partial charge in [0.15, 0.2) is 0 Å². The zero-order valence-corrected chi connectivity index (χ0v) is 13.6. The lowest BCUT2D eigenvalue weighted by Gasteiger charge is -2.60. The first-order valence-electron chi connectivity index (χ1n) is 8.05. The summed E-state index contributed by atoms with van der Waals surface area (Å²) in [5.41, 5.74) is 1.54. The van der Waals surface area contributed by atoms with Crippen LogP contribution in [0.2, 0.25) is 0 Å². The molecule has 3 rings (SSSR count). The molecule has 0 amide bonds. The summed E-state index contributed by atoms with van der Waals surface area (Å²) >= 11 is 0. The van der Waals surface area contributed by atoms with Crippen LogP contribution in [-0.4, -0.2) is 25.9 Å². The number of methoxy groups -OCH3 is 1. The van der Waals surface area contributed by atoms with E-state index in [-0.39, 0.29) is 5.41 Å². The fourth-order valence-corrected chi connectivity index (χ4v) is 4.12. The molecule has 0 radical (unpaired) electrons. The third-order valence-corrected chi connectivity index (χ3v) is 5.38. The van der Waals surface area contributed by atoms with Gasteiger partial charge in [-0.3, -0.25) is 0 Å². The van der Waals surface area contributed by atoms with Gasteiger partial charge in [-0.15, -0.1) is 0 Å². The molecule has 0 aromatic heterocycles. The third kappa shape index (κ3) is 2.58. The molecule has 1 aliphatic heterocycles. The molecule has 21 heavy (non-hydrogen) atoms. The summed E-state index contributed by atoms with van der Waals surface area (Å²) in [5, 5.41) is 3.84. The Kier molecular flexibility index (Phi) is 3.98. The maximum atomic E-state index is 5.98. The number of hydrogen-bond donors (Lipinski definition) is 1. The first-order valence-corrected chi connectivity index (χ1v) is 8.05. The van der Waals surface area contributed by atoms with Crippen molar-refractivity contribution in [3.63, 3.8) is 0 Å². The number of benzene rings is 1. The SMILES string of the molecule is COc1ccc([C@H](C)NC2C3CCCOC3C2(C)C)cc1. The van der Waals surface area contributed by atoms with Gasteiger partial charge in [0.25, 0.3) is 0 Å². The second kappa shape index (κ2) is 5.62. The second-order valence-electron chi connectivity index (χ2n) is 7.06. The topological polar surface area (TPSA) is 30.5 Å². The lowest BCUT2D eigenvalue weighted by molar-refractivity contribution is -0.194. The highest BCUT2D eigenvalue weighted by molar-refractivity contribution is 5.29. The third-order valence-electron chi connectivity index (χ3n) is 5.38. The molecule has 2 fully saturated rings. The van der Waals surface area contributed by atoms with E-state index < -0.39 is 0 Å². The smallest absolute Gasteiger partial charge is 0.118 e. The lowest BCUT2D eigenvalue weighted by Crippen LogP contribution is -2.69. The first-order chi connectivity index (χ1) is 10.0. The van der Waals surface area contributed by atoms with Crippen LogP contribution in [0.4, 0.5) is 0 Å². The number of fused-ring (bicyclic) bond motifs is 1. The Labute approximate surface area is 128 Å². The number of nitrogens with one attached hydrogen (secondary N) is 1. The van der Waals surface area contributed by atoms with E-state index in [1.807, 2.05) is 12.1 Å². The van der Waals surface area contributed by atoms with Gasteiger partial charge in [0.1, 0.15) is 5.75 Å². The monoisotopic (exact) mass is 289 g/mol. The zero-order valence-electron chi connectivity index (χ0n) is 13.6. The molecule has 1 aromatic carbocycles. The predicted octanol–water partition coefficient (Wildman–Crippen LogP) is 3.55. The van der Waals surface area contributed by atoms with Crippen molar-refractivity contribution in [2.24, 2.45) is 11.3 Å². The summed E-state index contributed by atoms with van der Waals surface area (Å²) in [5.74, 6) is 1.59. The van der Waals surface area contributed by atoms with Gasteiger partial charge in [-0.05, 0) is 37.5 Å². The summed E-state index contributed by atoms with van der Waals surface area (Å²) in [6.45, 7) is 7.84. The van der Waals surface area contributed by atoms with E-state index in [9.17, 15) is 0 Å². The van der Waals surface area contributed by atoms with Crippen LogP contribution in [0.15, 0.2) is 24.3 Å². The molecule has 3 unspecified atom stereocenters. The molecule has 1 saturated heterocycles. The summed E-state index contributed by atoms with van der Waals surface area (Å²) in [6.07, 6.45) is 2.93. The molecule has 1 heterocycles. The molecule has 1 saturated carbocycles. The van der Waals surface area contributed by atoms with Gasteiger partial charge in [-0.2, -0.15) is 0 Å². The Balaban J connectivity index is 1.67. The zero-order chi connectivity index (χ0) is 15.0. The van der Waals surface area contributed by atoms with Crippen LogP contribution in [0.1, 0.15) is 45.2 Å². The Morgan fingerprint density at radius 2 is 2.00 bits per heavy atom. The average molecular weight is 289 g/mol. The lowest BCUT2D eigenvalue weighted by atomic mass is 9.55. The van der Waals surface area contributed by atoms with Crippen molar-refractivity contribution in [1.29, 1.82) is 0 Å². The van der Waals surface area contributed by atoms with Gasteiger partial charge in [-0.1, -0.05) is 26.0 Å². The van der Waals surface area contributed by atoms with Crippen LogP contribution in [0, 0.1) is 11.3 Å². The molecule has 4 atom stereocenters. The van der Waals surface area contributed by atoms with Crippen LogP contribution >= 0.6 is 0 Å². The minimum atomic E-state index is 0.228. The largest absolute Gasteiger partial charge is 0.497 e. The molecule has 0 bridgehead atoms.